The number of hydrogen-bond acceptors (Lipinski definition) is 0. The van der Waals surface area contributed by atoms with Crippen molar-refractivity contribution in [1.29, 1.82) is 0 Å². The van der Waals surface area contributed by atoms with Gasteiger partial charge in [-0.1, -0.05) is 83.1 Å². The van der Waals surface area contributed by atoms with Crippen molar-refractivity contribution >= 4 is 0 Å². The topological polar surface area (TPSA) is 0 Å². The highest BCUT2D eigenvalue weighted by Gasteiger charge is 1.87. The van der Waals surface area contributed by atoms with Gasteiger partial charge in [-0.15, -0.1) is 0 Å². The van der Waals surface area contributed by atoms with Crippen LogP contribution in [-0.2, 0) is 0 Å². The molecule has 0 aliphatic carbocycles. The van der Waals surface area contributed by atoms with Gasteiger partial charge in [-0.3, -0.25) is 0 Å². The molecule has 0 aromatic carbocycles. The van der Waals surface area contributed by atoms with E-state index in [9.17, 15) is 0 Å². The SMILES string of the molecule is [CH2]CCCCCCC/C=C/CC=CCCCCC. The summed E-state index contributed by atoms with van der Waals surface area (Å²) in [5.41, 5.74) is 0. The predicted molar refractivity (Wildman–Crippen MR) is 84.7 cm³/mol. The second-order valence-corrected chi connectivity index (χ2v) is 5.08. The van der Waals surface area contributed by atoms with Crippen molar-refractivity contribution in [1.82, 2.24) is 0 Å². The summed E-state index contributed by atoms with van der Waals surface area (Å²) in [5.74, 6) is 0. The van der Waals surface area contributed by atoms with Crippen molar-refractivity contribution in [3.8, 4) is 0 Å². The van der Waals surface area contributed by atoms with Crippen molar-refractivity contribution in [2.24, 2.45) is 0 Å². The Labute approximate surface area is 116 Å². The van der Waals surface area contributed by atoms with Crippen LogP contribution in [0.4, 0.5) is 0 Å². The zero-order valence-corrected chi connectivity index (χ0v) is 12.5. The van der Waals surface area contributed by atoms with Crippen LogP contribution in [0.3, 0.4) is 0 Å². The van der Waals surface area contributed by atoms with Crippen molar-refractivity contribution in [2.45, 2.75) is 84.0 Å². The molecule has 0 fully saturated rings. The lowest BCUT2D eigenvalue weighted by Gasteiger charge is -1.97. The molecule has 1 radical (unpaired) electrons. The zero-order valence-electron chi connectivity index (χ0n) is 12.5. The van der Waals surface area contributed by atoms with E-state index < -0.39 is 0 Å². The maximum absolute atomic E-state index is 3.87. The van der Waals surface area contributed by atoms with Crippen LogP contribution in [0, 0.1) is 6.92 Å². The average Bonchev–Trinajstić information content (AvgIpc) is 2.39. The summed E-state index contributed by atoms with van der Waals surface area (Å²) in [4.78, 5) is 0. The Hall–Kier alpha value is -0.520. The summed E-state index contributed by atoms with van der Waals surface area (Å²) < 4.78 is 0. The Morgan fingerprint density at radius 2 is 1.22 bits per heavy atom. The molecular weight excluding hydrogens is 216 g/mol. The summed E-state index contributed by atoms with van der Waals surface area (Å²) in [6.07, 6.45) is 24.9. The fourth-order valence-electron chi connectivity index (χ4n) is 1.99. The first-order valence-electron chi connectivity index (χ1n) is 8.01. The van der Waals surface area contributed by atoms with Crippen LogP contribution in [0.15, 0.2) is 24.3 Å². The van der Waals surface area contributed by atoms with Gasteiger partial charge >= 0.3 is 0 Å². The Morgan fingerprint density at radius 3 is 1.83 bits per heavy atom. The summed E-state index contributed by atoms with van der Waals surface area (Å²) in [6, 6.07) is 0. The van der Waals surface area contributed by atoms with Gasteiger partial charge in [0.05, 0.1) is 0 Å². The van der Waals surface area contributed by atoms with E-state index in [1.54, 1.807) is 0 Å². The highest BCUT2D eigenvalue weighted by molar-refractivity contribution is 4.92. The van der Waals surface area contributed by atoms with Gasteiger partial charge in [0.2, 0.25) is 0 Å². The van der Waals surface area contributed by atoms with E-state index in [2.05, 4.69) is 38.2 Å². The Bertz CT molecular complexity index is 188. The average molecular weight is 249 g/mol. The molecule has 0 spiro atoms. The second-order valence-electron chi connectivity index (χ2n) is 5.08. The smallest absolute Gasteiger partial charge is 0.0169 e. The third-order valence-corrected chi connectivity index (χ3v) is 3.20. The molecule has 0 heteroatoms. The minimum absolute atomic E-state index is 1.10. The van der Waals surface area contributed by atoms with Gasteiger partial charge in [0.15, 0.2) is 0 Å². The van der Waals surface area contributed by atoms with E-state index in [-0.39, 0.29) is 0 Å². The van der Waals surface area contributed by atoms with Crippen LogP contribution < -0.4 is 0 Å². The first-order chi connectivity index (χ1) is 8.91. The molecule has 0 aromatic rings. The van der Waals surface area contributed by atoms with Crippen LogP contribution in [0.2, 0.25) is 0 Å². The molecule has 0 aromatic heterocycles. The van der Waals surface area contributed by atoms with Crippen LogP contribution in [0.5, 0.6) is 0 Å². The molecule has 0 heterocycles. The lowest BCUT2D eigenvalue weighted by molar-refractivity contribution is 0.621. The molecule has 0 amide bonds. The summed E-state index contributed by atoms with van der Waals surface area (Å²) in [6.45, 7) is 6.12. The monoisotopic (exact) mass is 249 g/mol. The number of allylic oxidation sites excluding steroid dienone is 4. The fourth-order valence-corrected chi connectivity index (χ4v) is 1.99. The van der Waals surface area contributed by atoms with Crippen LogP contribution in [0.1, 0.15) is 84.0 Å². The van der Waals surface area contributed by atoms with Crippen molar-refractivity contribution in [3.05, 3.63) is 31.2 Å². The zero-order chi connectivity index (χ0) is 13.3. The number of hydrogen-bond donors (Lipinski definition) is 0. The Balaban J connectivity index is 3.13. The molecule has 105 valence electrons. The van der Waals surface area contributed by atoms with Gasteiger partial charge in [-0.2, -0.15) is 0 Å². The van der Waals surface area contributed by atoms with Crippen molar-refractivity contribution in [2.75, 3.05) is 0 Å². The maximum atomic E-state index is 3.87. The third-order valence-electron chi connectivity index (χ3n) is 3.20. The standard InChI is InChI=1S/C18H33/c1-3-5-7-9-11-13-15-17-18-16-14-12-10-8-6-4-2/h12,14,17-18H,1,3-11,13,15-16H2,2H3/b14-12?,18-17+. The van der Waals surface area contributed by atoms with E-state index in [1.807, 2.05) is 0 Å². The van der Waals surface area contributed by atoms with E-state index in [0.29, 0.717) is 0 Å². The molecule has 0 bridgehead atoms. The maximum Gasteiger partial charge on any atom is -0.0169 e. The molecule has 0 aliphatic heterocycles. The highest BCUT2D eigenvalue weighted by Crippen LogP contribution is 2.07. The van der Waals surface area contributed by atoms with Gasteiger partial charge in [-0.25, -0.2) is 0 Å². The van der Waals surface area contributed by atoms with E-state index >= 15 is 0 Å². The number of unbranched alkanes of at least 4 members (excludes halogenated alkanes) is 9. The fraction of sp³-hybridized carbons (Fsp3) is 0.722. The summed E-state index contributed by atoms with van der Waals surface area (Å²) >= 11 is 0. The molecule has 0 saturated heterocycles. The molecule has 0 rings (SSSR count). The first kappa shape index (κ1) is 17.5. The van der Waals surface area contributed by atoms with Crippen LogP contribution >= 0.6 is 0 Å². The van der Waals surface area contributed by atoms with Gasteiger partial charge < -0.3 is 0 Å². The van der Waals surface area contributed by atoms with Gasteiger partial charge in [0, 0.05) is 0 Å². The highest BCUT2D eigenvalue weighted by atomic mass is 13.9. The molecule has 0 nitrogen and oxygen atoms in total. The largest absolute Gasteiger partial charge is 0.0882 e. The molecule has 18 heavy (non-hydrogen) atoms. The van der Waals surface area contributed by atoms with Crippen LogP contribution in [-0.4, -0.2) is 0 Å². The molecule has 0 unspecified atom stereocenters. The minimum atomic E-state index is 1.10. The Kier molecular flexibility index (Phi) is 16.0. The third kappa shape index (κ3) is 15.5. The lowest BCUT2D eigenvalue weighted by Crippen LogP contribution is -1.77. The Morgan fingerprint density at radius 1 is 0.667 bits per heavy atom. The summed E-state index contributed by atoms with van der Waals surface area (Å²) in [7, 11) is 0. The van der Waals surface area contributed by atoms with E-state index in [1.165, 1.54) is 64.2 Å². The quantitative estimate of drug-likeness (QED) is 0.254. The molecule has 0 saturated carbocycles. The molecule has 0 aliphatic rings. The van der Waals surface area contributed by atoms with Crippen molar-refractivity contribution in [3.63, 3.8) is 0 Å². The summed E-state index contributed by atoms with van der Waals surface area (Å²) in [5, 5.41) is 0. The minimum Gasteiger partial charge on any atom is -0.0882 e. The number of rotatable bonds is 13. The molecular formula is C18H33. The van der Waals surface area contributed by atoms with E-state index in [0.717, 1.165) is 12.8 Å². The van der Waals surface area contributed by atoms with Crippen LogP contribution in [0.25, 0.3) is 0 Å². The van der Waals surface area contributed by atoms with Gasteiger partial charge in [0.25, 0.3) is 0 Å². The molecule has 0 atom stereocenters. The molecule has 0 N–H and O–H groups in total. The second kappa shape index (κ2) is 16.5. The first-order valence-corrected chi connectivity index (χ1v) is 8.01. The van der Waals surface area contributed by atoms with E-state index in [4.69, 9.17) is 0 Å². The van der Waals surface area contributed by atoms with Gasteiger partial charge in [0.1, 0.15) is 0 Å². The predicted octanol–water partition coefficient (Wildman–Crippen LogP) is 6.63. The lowest BCUT2D eigenvalue weighted by atomic mass is 10.1. The normalized spacial score (nSPS) is 11.9. The van der Waals surface area contributed by atoms with Crippen molar-refractivity contribution < 1.29 is 0 Å². The van der Waals surface area contributed by atoms with Gasteiger partial charge in [-0.05, 0) is 32.1 Å².